The number of aldehydes is 1. The van der Waals surface area contributed by atoms with Gasteiger partial charge in [0.05, 0.1) is 25.2 Å². The van der Waals surface area contributed by atoms with Gasteiger partial charge in [0.25, 0.3) is 0 Å². The van der Waals surface area contributed by atoms with Crippen LogP contribution in [0.15, 0.2) is 30.3 Å². The second kappa shape index (κ2) is 8.06. The Balaban J connectivity index is 2.09. The van der Waals surface area contributed by atoms with Gasteiger partial charge in [0.1, 0.15) is 12.3 Å². The van der Waals surface area contributed by atoms with Crippen molar-refractivity contribution < 1.29 is 19.2 Å². The zero-order valence-electron chi connectivity index (χ0n) is 13.1. The normalized spacial score (nSPS) is 25.1. The van der Waals surface area contributed by atoms with Crippen molar-refractivity contribution in [3.8, 4) is 0 Å². The average molecular weight is 305 g/mol. The maximum atomic E-state index is 12.3. The largest absolute Gasteiger partial charge is 0.464 e. The van der Waals surface area contributed by atoms with Crippen molar-refractivity contribution in [2.75, 3.05) is 6.61 Å². The Kier molecular flexibility index (Phi) is 6.10. The summed E-state index contributed by atoms with van der Waals surface area (Å²) < 4.78 is 5.30. The molecule has 0 spiro atoms. The minimum Gasteiger partial charge on any atom is -0.464 e. The lowest BCUT2D eigenvalue weighted by atomic mass is 9.97. The van der Waals surface area contributed by atoms with Crippen LogP contribution in [0, 0.1) is 5.92 Å². The smallest absolute Gasteiger partial charge is 0.326 e. The van der Waals surface area contributed by atoms with Crippen molar-refractivity contribution >= 4 is 12.3 Å². The van der Waals surface area contributed by atoms with E-state index >= 15 is 0 Å². The third-order valence-electron chi connectivity index (χ3n) is 3.84. The summed E-state index contributed by atoms with van der Waals surface area (Å²) in [6.45, 7) is 4.66. The number of benzene rings is 1. The highest BCUT2D eigenvalue weighted by Crippen LogP contribution is 2.28. The van der Waals surface area contributed by atoms with Gasteiger partial charge in [0.2, 0.25) is 0 Å². The second-order valence-corrected chi connectivity index (χ2v) is 5.55. The molecule has 1 aromatic rings. The summed E-state index contributed by atoms with van der Waals surface area (Å²) in [6, 6.07) is 9.04. The van der Waals surface area contributed by atoms with Gasteiger partial charge in [-0.15, -0.1) is 0 Å². The van der Waals surface area contributed by atoms with Gasteiger partial charge >= 0.3 is 5.97 Å². The minimum absolute atomic E-state index is 0.329. The van der Waals surface area contributed by atoms with Gasteiger partial charge in [0, 0.05) is 0 Å². The van der Waals surface area contributed by atoms with E-state index in [1.165, 1.54) is 0 Å². The molecule has 0 N–H and O–H groups in total. The molecule has 1 aliphatic heterocycles. The third kappa shape index (κ3) is 3.93. The first kappa shape index (κ1) is 16.6. The van der Waals surface area contributed by atoms with Crippen LogP contribution in [-0.2, 0) is 25.7 Å². The highest BCUT2D eigenvalue weighted by atomic mass is 16.7. The number of carbonyl (C=O) groups is 2. The van der Waals surface area contributed by atoms with Crippen LogP contribution < -0.4 is 0 Å². The maximum absolute atomic E-state index is 12.3. The Morgan fingerprint density at radius 3 is 2.73 bits per heavy atom. The second-order valence-electron chi connectivity index (χ2n) is 5.55. The molecule has 1 aliphatic rings. The fourth-order valence-corrected chi connectivity index (χ4v) is 2.56. The first-order valence-corrected chi connectivity index (χ1v) is 7.76. The number of unbranched alkanes of at least 4 members (excludes halogenated alkanes) is 1. The van der Waals surface area contributed by atoms with E-state index in [9.17, 15) is 9.59 Å². The zero-order valence-corrected chi connectivity index (χ0v) is 13.1. The van der Waals surface area contributed by atoms with E-state index in [2.05, 4.69) is 0 Å². The van der Waals surface area contributed by atoms with Crippen LogP contribution >= 0.6 is 0 Å². The molecule has 1 aromatic carbocycles. The van der Waals surface area contributed by atoms with Crippen LogP contribution in [0.5, 0.6) is 0 Å². The summed E-state index contributed by atoms with van der Waals surface area (Å²) in [5.41, 5.74) is 1.02. The Bertz CT molecular complexity index is 491. The highest BCUT2D eigenvalue weighted by Gasteiger charge is 2.46. The van der Waals surface area contributed by atoms with Gasteiger partial charge in [-0.2, -0.15) is 5.06 Å². The predicted molar refractivity (Wildman–Crippen MR) is 81.7 cm³/mol. The van der Waals surface area contributed by atoms with Gasteiger partial charge in [-0.05, 0) is 18.9 Å². The number of nitrogens with zero attached hydrogens (tertiary/aromatic N) is 1. The van der Waals surface area contributed by atoms with Crippen molar-refractivity contribution in [1.82, 2.24) is 5.06 Å². The number of carbonyl (C=O) groups excluding carboxylic acids is 2. The molecule has 1 fully saturated rings. The number of hydrogen-bond acceptors (Lipinski definition) is 5. The molecule has 1 heterocycles. The SMILES string of the molecule is CCCCOC(=O)[C@@H]1[C@H](C=O)[C@@H](C)ON1Cc1ccccc1. The van der Waals surface area contributed by atoms with Gasteiger partial charge in [-0.3, -0.25) is 9.63 Å². The van der Waals surface area contributed by atoms with E-state index in [4.69, 9.17) is 9.57 Å². The summed E-state index contributed by atoms with van der Waals surface area (Å²) in [5.74, 6) is -0.885. The van der Waals surface area contributed by atoms with Gasteiger partial charge in [-0.1, -0.05) is 43.7 Å². The molecule has 3 atom stereocenters. The first-order chi connectivity index (χ1) is 10.7. The van der Waals surface area contributed by atoms with E-state index in [0.29, 0.717) is 13.2 Å². The summed E-state index contributed by atoms with van der Waals surface area (Å²) in [6.07, 6.45) is 2.24. The Morgan fingerprint density at radius 1 is 1.36 bits per heavy atom. The molecule has 0 unspecified atom stereocenters. The van der Waals surface area contributed by atoms with Crippen LogP contribution in [-0.4, -0.2) is 36.1 Å². The standard InChI is InChI=1S/C17H23NO4/c1-3-4-10-21-17(20)16-15(12-19)13(2)22-18(16)11-14-8-6-5-7-9-14/h5-9,12-13,15-16H,3-4,10-11H2,1-2H3/t13-,15-,16+/m1/s1. The van der Waals surface area contributed by atoms with Gasteiger partial charge < -0.3 is 9.53 Å². The lowest BCUT2D eigenvalue weighted by Crippen LogP contribution is -2.41. The summed E-state index contributed by atoms with van der Waals surface area (Å²) in [5, 5.41) is 1.58. The topological polar surface area (TPSA) is 55.8 Å². The van der Waals surface area contributed by atoms with Crippen LogP contribution in [0.1, 0.15) is 32.3 Å². The molecule has 5 nitrogen and oxygen atoms in total. The minimum atomic E-state index is -0.676. The summed E-state index contributed by atoms with van der Waals surface area (Å²) >= 11 is 0. The number of hydrogen-bond donors (Lipinski definition) is 0. The molecule has 1 saturated heterocycles. The Hall–Kier alpha value is -1.72. The van der Waals surface area contributed by atoms with Crippen molar-refractivity contribution in [2.45, 2.75) is 45.4 Å². The van der Waals surface area contributed by atoms with Crippen LogP contribution in [0.3, 0.4) is 0 Å². The molecule has 120 valence electrons. The molecule has 22 heavy (non-hydrogen) atoms. The number of hydroxylamine groups is 2. The number of ether oxygens (including phenoxy) is 1. The van der Waals surface area contributed by atoms with Crippen molar-refractivity contribution in [3.05, 3.63) is 35.9 Å². The van der Waals surface area contributed by atoms with Crippen LogP contribution in [0.4, 0.5) is 0 Å². The molecule has 2 rings (SSSR count). The van der Waals surface area contributed by atoms with E-state index in [-0.39, 0.29) is 12.1 Å². The van der Waals surface area contributed by atoms with Crippen molar-refractivity contribution in [3.63, 3.8) is 0 Å². The molecular weight excluding hydrogens is 282 g/mol. The van der Waals surface area contributed by atoms with Crippen molar-refractivity contribution in [2.24, 2.45) is 5.92 Å². The quantitative estimate of drug-likeness (QED) is 0.440. The molecule has 5 heteroatoms. The van der Waals surface area contributed by atoms with Gasteiger partial charge in [0.15, 0.2) is 0 Å². The maximum Gasteiger partial charge on any atom is 0.326 e. The predicted octanol–water partition coefficient (Wildman–Crippen LogP) is 2.35. The van der Waals surface area contributed by atoms with E-state index in [1.807, 2.05) is 37.3 Å². The molecule has 0 aromatic heterocycles. The van der Waals surface area contributed by atoms with Gasteiger partial charge in [-0.25, -0.2) is 0 Å². The van der Waals surface area contributed by atoms with E-state index in [0.717, 1.165) is 24.7 Å². The molecule has 0 bridgehead atoms. The lowest BCUT2D eigenvalue weighted by molar-refractivity contribution is -0.184. The van der Waals surface area contributed by atoms with Crippen LogP contribution in [0.25, 0.3) is 0 Å². The summed E-state index contributed by atoms with van der Waals surface area (Å²) in [7, 11) is 0. The Morgan fingerprint density at radius 2 is 2.09 bits per heavy atom. The first-order valence-electron chi connectivity index (χ1n) is 7.76. The highest BCUT2D eigenvalue weighted by molar-refractivity contribution is 5.80. The number of rotatable bonds is 7. The lowest BCUT2D eigenvalue weighted by Gasteiger charge is -2.22. The fourth-order valence-electron chi connectivity index (χ4n) is 2.56. The molecule has 0 saturated carbocycles. The van der Waals surface area contributed by atoms with Crippen LogP contribution in [0.2, 0.25) is 0 Å². The monoisotopic (exact) mass is 305 g/mol. The molecule has 0 aliphatic carbocycles. The average Bonchev–Trinajstić information content (AvgIpc) is 2.83. The number of esters is 1. The Labute approximate surface area is 131 Å². The molecule has 0 amide bonds. The van der Waals surface area contributed by atoms with E-state index < -0.39 is 12.0 Å². The van der Waals surface area contributed by atoms with E-state index in [1.54, 1.807) is 12.0 Å². The molecule has 0 radical (unpaired) electrons. The molecular formula is C17H23NO4. The third-order valence-corrected chi connectivity index (χ3v) is 3.84. The fraction of sp³-hybridized carbons (Fsp3) is 0.529. The van der Waals surface area contributed by atoms with Crippen molar-refractivity contribution in [1.29, 1.82) is 0 Å². The summed E-state index contributed by atoms with van der Waals surface area (Å²) in [4.78, 5) is 29.4. The zero-order chi connectivity index (χ0) is 15.9.